The van der Waals surface area contributed by atoms with Gasteiger partial charge in [-0.05, 0) is 54.3 Å². The van der Waals surface area contributed by atoms with Gasteiger partial charge in [0.05, 0.1) is 6.42 Å². The van der Waals surface area contributed by atoms with E-state index in [0.29, 0.717) is 22.1 Å². The van der Waals surface area contributed by atoms with Gasteiger partial charge in [-0.25, -0.2) is 4.79 Å². The summed E-state index contributed by atoms with van der Waals surface area (Å²) in [6.45, 7) is 5.04. The van der Waals surface area contributed by atoms with Crippen LogP contribution in [-0.4, -0.2) is 69.5 Å². The van der Waals surface area contributed by atoms with Crippen molar-refractivity contribution in [3.8, 4) is 0 Å². The predicted octanol–water partition coefficient (Wildman–Crippen LogP) is 3.79. The van der Waals surface area contributed by atoms with Crippen LogP contribution in [0.5, 0.6) is 0 Å². The highest BCUT2D eigenvalue weighted by Crippen LogP contribution is 2.25. The molecule has 5 amide bonds. The van der Waals surface area contributed by atoms with Crippen LogP contribution in [0, 0.1) is 0 Å². The number of carbonyl (C=O) groups is 6. The molecular weight excluding hydrogens is 704 g/mol. The van der Waals surface area contributed by atoms with Crippen LogP contribution in [0.15, 0.2) is 103 Å². The monoisotopic (exact) mass is 748 g/mol. The number of carboxylic acids is 1. The molecular formula is C41H44N6O8. The van der Waals surface area contributed by atoms with Gasteiger partial charge in [0.1, 0.15) is 29.8 Å². The van der Waals surface area contributed by atoms with Gasteiger partial charge < -0.3 is 41.8 Å². The zero-order valence-electron chi connectivity index (χ0n) is 30.6. The maximum atomic E-state index is 14.1. The van der Waals surface area contributed by atoms with Crippen molar-refractivity contribution in [2.45, 2.75) is 69.8 Å². The molecule has 1 aromatic heterocycles. The Morgan fingerprint density at radius 2 is 1.27 bits per heavy atom. The lowest BCUT2D eigenvalue weighted by Gasteiger charge is -2.27. The molecule has 5 aromatic rings. The van der Waals surface area contributed by atoms with Crippen molar-refractivity contribution in [2.75, 3.05) is 0 Å². The molecule has 14 heteroatoms. The van der Waals surface area contributed by atoms with Gasteiger partial charge in [0.15, 0.2) is 0 Å². The second-order valence-corrected chi connectivity index (χ2v) is 14.1. The molecule has 14 nitrogen and oxygen atoms in total. The van der Waals surface area contributed by atoms with Crippen molar-refractivity contribution in [1.29, 1.82) is 0 Å². The van der Waals surface area contributed by atoms with Gasteiger partial charge in [0, 0.05) is 29.9 Å². The molecule has 4 atom stereocenters. The van der Waals surface area contributed by atoms with Crippen molar-refractivity contribution in [3.63, 3.8) is 0 Å². The van der Waals surface area contributed by atoms with E-state index in [9.17, 15) is 33.9 Å². The minimum absolute atomic E-state index is 0.0154. The van der Waals surface area contributed by atoms with E-state index in [1.54, 1.807) is 81.6 Å². The van der Waals surface area contributed by atoms with Gasteiger partial charge in [-0.1, -0.05) is 91.0 Å². The number of fused-ring (bicyclic) bond motifs is 2. The number of alkyl carbamates (subject to hydrolysis) is 1. The van der Waals surface area contributed by atoms with E-state index in [1.807, 2.05) is 42.5 Å². The van der Waals surface area contributed by atoms with Crippen molar-refractivity contribution >= 4 is 57.4 Å². The number of rotatable bonds is 15. The SMILES string of the molecule is CC(C)(C)OC(=O)N[C@@H](Cc1c[nH]c2ccccc12)C(=O)N[C@@H](Cc1ccccc1)C(=O)N[C@@H](CC(=O)O)C(=O)N[C@H](C(N)=O)c1cccc2ccccc12. The molecule has 0 aliphatic carbocycles. The van der Waals surface area contributed by atoms with E-state index >= 15 is 0 Å². The van der Waals surface area contributed by atoms with Crippen LogP contribution in [0.2, 0.25) is 0 Å². The number of amides is 5. The van der Waals surface area contributed by atoms with Crippen LogP contribution in [0.25, 0.3) is 21.7 Å². The number of hydrogen-bond donors (Lipinski definition) is 7. The van der Waals surface area contributed by atoms with Gasteiger partial charge in [-0.2, -0.15) is 0 Å². The highest BCUT2D eigenvalue weighted by molar-refractivity contribution is 5.99. The largest absolute Gasteiger partial charge is 0.481 e. The summed E-state index contributed by atoms with van der Waals surface area (Å²) in [5, 5.41) is 22.3. The van der Waals surface area contributed by atoms with E-state index < -0.39 is 71.9 Å². The lowest BCUT2D eigenvalue weighted by atomic mass is 9.97. The average Bonchev–Trinajstić information content (AvgIpc) is 3.54. The molecule has 5 rings (SSSR count). The second kappa shape index (κ2) is 17.4. The van der Waals surface area contributed by atoms with Crippen LogP contribution >= 0.6 is 0 Å². The first-order valence-electron chi connectivity index (χ1n) is 17.7. The third-order valence-corrected chi connectivity index (χ3v) is 8.74. The van der Waals surface area contributed by atoms with Crippen molar-refractivity contribution < 1.29 is 38.6 Å². The number of carboxylic acid groups (broad SMARTS) is 1. The van der Waals surface area contributed by atoms with E-state index in [4.69, 9.17) is 10.5 Å². The molecule has 0 unspecified atom stereocenters. The van der Waals surface area contributed by atoms with E-state index in [0.717, 1.165) is 16.3 Å². The molecule has 286 valence electrons. The maximum absolute atomic E-state index is 14.1. The van der Waals surface area contributed by atoms with E-state index in [2.05, 4.69) is 26.3 Å². The zero-order valence-corrected chi connectivity index (χ0v) is 30.6. The maximum Gasteiger partial charge on any atom is 0.408 e. The summed E-state index contributed by atoms with van der Waals surface area (Å²) in [5.74, 6) is -4.93. The van der Waals surface area contributed by atoms with Crippen LogP contribution < -0.4 is 27.0 Å². The Hall–Kier alpha value is -6.70. The molecule has 0 aliphatic rings. The normalized spacial score (nSPS) is 13.5. The number of nitrogens with two attached hydrogens (primary N) is 1. The number of primary amides is 1. The number of carbonyl (C=O) groups excluding carboxylic acids is 5. The van der Waals surface area contributed by atoms with Crippen molar-refractivity contribution in [2.24, 2.45) is 5.73 Å². The molecule has 4 aromatic carbocycles. The van der Waals surface area contributed by atoms with Crippen LogP contribution in [0.1, 0.15) is 49.9 Å². The van der Waals surface area contributed by atoms with Gasteiger partial charge in [-0.15, -0.1) is 0 Å². The topological polar surface area (TPSA) is 222 Å². The summed E-state index contributed by atoms with van der Waals surface area (Å²) < 4.78 is 5.44. The lowest BCUT2D eigenvalue weighted by Crippen LogP contribution is -2.58. The predicted molar refractivity (Wildman–Crippen MR) is 205 cm³/mol. The molecule has 1 heterocycles. The zero-order chi connectivity index (χ0) is 39.7. The minimum Gasteiger partial charge on any atom is -0.481 e. The molecule has 0 aliphatic heterocycles. The fourth-order valence-electron chi connectivity index (χ4n) is 6.21. The summed E-state index contributed by atoms with van der Waals surface area (Å²) in [6.07, 6.45) is -0.0331. The summed E-state index contributed by atoms with van der Waals surface area (Å²) in [4.78, 5) is 82.7. The summed E-state index contributed by atoms with van der Waals surface area (Å²) in [5.41, 5.74) is 7.41. The van der Waals surface area contributed by atoms with E-state index in [-0.39, 0.29) is 12.8 Å². The molecule has 8 N–H and O–H groups in total. The number of H-pyrrole nitrogens is 1. The van der Waals surface area contributed by atoms with Crippen LogP contribution in [0.3, 0.4) is 0 Å². The number of aromatic amines is 1. The molecule has 0 saturated carbocycles. The smallest absolute Gasteiger partial charge is 0.408 e. The standard InChI is InChI=1S/C41H44N6O8/c1-41(2,3)55-40(54)46-32(21-26-23-43-30-19-10-9-17-28(26)30)38(52)44-31(20-24-12-5-4-6-13-24)37(51)45-33(22-34(48)49)39(53)47-35(36(42)50)29-18-11-15-25-14-7-8-16-27(25)29/h4-19,23,31-33,35,43H,20-22H2,1-3H3,(H2,42,50)(H,44,52)(H,45,51)(H,46,54)(H,47,53)(H,48,49)/t31-,32-,33-,35-/m0/s1. The highest BCUT2D eigenvalue weighted by Gasteiger charge is 2.34. The Balaban J connectivity index is 1.41. The average molecular weight is 749 g/mol. The third kappa shape index (κ3) is 10.7. The Morgan fingerprint density at radius 1 is 0.691 bits per heavy atom. The molecule has 0 saturated heterocycles. The van der Waals surface area contributed by atoms with Gasteiger partial charge in [0.2, 0.25) is 23.6 Å². The van der Waals surface area contributed by atoms with Crippen molar-refractivity contribution in [1.82, 2.24) is 26.3 Å². The molecule has 0 fully saturated rings. The van der Waals surface area contributed by atoms with Gasteiger partial charge in [0.25, 0.3) is 0 Å². The first-order chi connectivity index (χ1) is 26.2. The van der Waals surface area contributed by atoms with Crippen LogP contribution in [0.4, 0.5) is 4.79 Å². The second-order valence-electron chi connectivity index (χ2n) is 14.1. The van der Waals surface area contributed by atoms with Gasteiger partial charge >= 0.3 is 12.1 Å². The number of aliphatic carboxylic acids is 1. The number of benzene rings is 4. The fourth-order valence-corrected chi connectivity index (χ4v) is 6.21. The minimum atomic E-state index is -1.68. The highest BCUT2D eigenvalue weighted by atomic mass is 16.6. The number of nitrogens with one attached hydrogen (secondary N) is 5. The van der Waals surface area contributed by atoms with Crippen molar-refractivity contribution in [3.05, 3.63) is 120 Å². The first-order valence-corrected chi connectivity index (χ1v) is 17.7. The molecule has 55 heavy (non-hydrogen) atoms. The molecule has 0 bridgehead atoms. The summed E-state index contributed by atoms with van der Waals surface area (Å²) in [6, 6.07) is 22.8. The van der Waals surface area contributed by atoms with E-state index in [1.165, 1.54) is 0 Å². The van der Waals surface area contributed by atoms with Gasteiger partial charge in [-0.3, -0.25) is 24.0 Å². The molecule has 0 spiro atoms. The summed E-state index contributed by atoms with van der Waals surface area (Å²) in [7, 11) is 0. The number of aromatic nitrogens is 1. The quantitative estimate of drug-likeness (QED) is 0.0833. The fraction of sp³-hybridized carbons (Fsp3) is 0.268. The Labute approximate surface area is 317 Å². The number of para-hydroxylation sites is 1. The number of hydrogen-bond acceptors (Lipinski definition) is 7. The molecule has 0 radical (unpaired) electrons. The Morgan fingerprint density at radius 3 is 1.95 bits per heavy atom. The lowest BCUT2D eigenvalue weighted by molar-refractivity contribution is -0.141. The summed E-state index contributed by atoms with van der Waals surface area (Å²) >= 11 is 0. The number of ether oxygens (including phenoxy) is 1. The third-order valence-electron chi connectivity index (χ3n) is 8.74. The first kappa shape index (κ1) is 39.5. The Bertz CT molecular complexity index is 2190. The van der Waals surface area contributed by atoms with Crippen LogP contribution in [-0.2, 0) is 41.6 Å². The Kier molecular flexibility index (Phi) is 12.5.